The van der Waals surface area contributed by atoms with E-state index in [-0.39, 0.29) is 30.7 Å². The van der Waals surface area contributed by atoms with Crippen molar-refractivity contribution < 1.29 is 39.5 Å². The van der Waals surface area contributed by atoms with Gasteiger partial charge >= 0.3 is 12.4 Å². The van der Waals surface area contributed by atoms with Crippen molar-refractivity contribution in [2.75, 3.05) is 18.0 Å². The normalized spacial score (nSPS) is 21.5. The Labute approximate surface area is 204 Å². The van der Waals surface area contributed by atoms with Crippen LogP contribution in [0.2, 0.25) is 0 Å². The number of hydrogen-bond acceptors (Lipinski definition) is 3. The molecule has 0 heterocycles. The van der Waals surface area contributed by atoms with Crippen LogP contribution in [0.1, 0.15) is 37.7 Å². The molecular formula is C23H24ClF6NO3S. The number of sulfonamides is 1. The molecule has 4 nitrogen and oxygen atoms in total. The maximum atomic E-state index is 13.7. The van der Waals surface area contributed by atoms with Gasteiger partial charge in [0, 0.05) is 6.54 Å². The Kier molecular flexibility index (Phi) is 7.91. The fraction of sp³-hybridized carbons (Fsp3) is 0.478. The van der Waals surface area contributed by atoms with Gasteiger partial charge in [-0.25, -0.2) is 8.42 Å². The Hall–Kier alpha value is -2.14. The molecule has 1 fully saturated rings. The molecule has 3 rings (SSSR count). The van der Waals surface area contributed by atoms with E-state index in [1.807, 2.05) is 0 Å². The molecule has 2 aromatic rings. The van der Waals surface area contributed by atoms with Crippen LogP contribution in [-0.4, -0.2) is 33.1 Å². The molecule has 2 atom stereocenters. The Morgan fingerprint density at radius 2 is 1.66 bits per heavy atom. The van der Waals surface area contributed by atoms with E-state index in [0.29, 0.717) is 25.0 Å². The largest absolute Gasteiger partial charge is 0.495 e. The topological polar surface area (TPSA) is 46.6 Å². The smallest absolute Gasteiger partial charge is 0.416 e. The molecule has 0 amide bonds. The Morgan fingerprint density at radius 3 is 2.23 bits per heavy atom. The standard InChI is InChI=1S/C23H24ClF6NO3S/c1-34-19-7-3-2-6-18(19)31(15-14-21(24)13-5-4-8-20(21)23(28,29)30)35(32,33)17-11-9-16(10-12-17)22(25,26)27/h2-3,6-7,9-12,20H,4-5,8,13-15H2,1H3. The van der Waals surface area contributed by atoms with E-state index in [4.69, 9.17) is 16.3 Å². The SMILES string of the molecule is COc1ccccc1N(CCC1(Cl)CCCCC1C(F)(F)F)S(=O)(=O)c1ccc(C(F)(F)F)cc1. The van der Waals surface area contributed by atoms with E-state index in [9.17, 15) is 34.8 Å². The second-order valence-electron chi connectivity index (χ2n) is 8.40. The molecule has 194 valence electrons. The second kappa shape index (κ2) is 10.1. The fourth-order valence-electron chi connectivity index (χ4n) is 4.39. The van der Waals surface area contributed by atoms with E-state index < -0.39 is 50.2 Å². The van der Waals surface area contributed by atoms with Gasteiger partial charge in [0.2, 0.25) is 0 Å². The third kappa shape index (κ3) is 5.99. The summed E-state index contributed by atoms with van der Waals surface area (Å²) < 4.78 is 113. The molecule has 12 heteroatoms. The number of nitrogens with zero attached hydrogens (tertiary/aromatic N) is 1. The van der Waals surface area contributed by atoms with E-state index in [1.54, 1.807) is 6.07 Å². The first-order chi connectivity index (χ1) is 16.2. The molecule has 1 aliphatic carbocycles. The lowest BCUT2D eigenvalue weighted by molar-refractivity contribution is -0.191. The van der Waals surface area contributed by atoms with Crippen molar-refractivity contribution in [3.8, 4) is 5.75 Å². The average molecular weight is 544 g/mol. The van der Waals surface area contributed by atoms with Crippen LogP contribution >= 0.6 is 11.6 Å². The highest BCUT2D eigenvalue weighted by Crippen LogP contribution is 2.50. The van der Waals surface area contributed by atoms with Gasteiger partial charge in [0.1, 0.15) is 5.75 Å². The lowest BCUT2D eigenvalue weighted by atomic mass is 9.76. The van der Waals surface area contributed by atoms with Crippen LogP contribution in [0.25, 0.3) is 0 Å². The van der Waals surface area contributed by atoms with Crippen molar-refractivity contribution >= 4 is 27.3 Å². The van der Waals surface area contributed by atoms with Crippen molar-refractivity contribution in [2.24, 2.45) is 5.92 Å². The van der Waals surface area contributed by atoms with Crippen LogP contribution in [-0.2, 0) is 16.2 Å². The van der Waals surface area contributed by atoms with Crippen molar-refractivity contribution in [1.29, 1.82) is 0 Å². The summed E-state index contributed by atoms with van der Waals surface area (Å²) in [6.07, 6.45) is -8.81. The number of para-hydroxylation sites is 2. The van der Waals surface area contributed by atoms with Crippen LogP contribution in [0.3, 0.4) is 0 Å². The predicted octanol–water partition coefficient (Wildman–Crippen LogP) is 7.03. The van der Waals surface area contributed by atoms with Crippen LogP contribution < -0.4 is 9.04 Å². The third-order valence-electron chi connectivity index (χ3n) is 6.21. The quantitative estimate of drug-likeness (QED) is 0.278. The van der Waals surface area contributed by atoms with Crippen LogP contribution in [0.4, 0.5) is 32.0 Å². The van der Waals surface area contributed by atoms with Gasteiger partial charge in [-0.15, -0.1) is 11.6 Å². The summed E-state index contributed by atoms with van der Waals surface area (Å²) in [5.41, 5.74) is -0.996. The monoisotopic (exact) mass is 543 g/mol. The lowest BCUT2D eigenvalue weighted by Crippen LogP contribution is -2.46. The molecule has 0 saturated heterocycles. The van der Waals surface area contributed by atoms with Crippen molar-refractivity contribution in [1.82, 2.24) is 0 Å². The van der Waals surface area contributed by atoms with E-state index in [1.165, 1.54) is 25.3 Å². The number of rotatable bonds is 7. The van der Waals surface area contributed by atoms with Gasteiger partial charge < -0.3 is 4.74 Å². The molecule has 0 aliphatic heterocycles. The molecule has 0 radical (unpaired) electrons. The zero-order valence-electron chi connectivity index (χ0n) is 18.7. The third-order valence-corrected chi connectivity index (χ3v) is 8.68. The fourth-order valence-corrected chi connectivity index (χ4v) is 6.32. The van der Waals surface area contributed by atoms with Crippen LogP contribution in [0, 0.1) is 5.92 Å². The number of benzene rings is 2. The molecule has 35 heavy (non-hydrogen) atoms. The van der Waals surface area contributed by atoms with Crippen molar-refractivity contribution in [3.05, 3.63) is 54.1 Å². The summed E-state index contributed by atoms with van der Waals surface area (Å²) in [7, 11) is -3.19. The van der Waals surface area contributed by atoms with Gasteiger partial charge in [0.05, 0.1) is 34.0 Å². The first kappa shape index (κ1) is 27.4. The van der Waals surface area contributed by atoms with Crippen LogP contribution in [0.5, 0.6) is 5.75 Å². The summed E-state index contributed by atoms with van der Waals surface area (Å²) in [6, 6.07) is 8.88. The Bertz CT molecular complexity index is 1120. The summed E-state index contributed by atoms with van der Waals surface area (Å²) >= 11 is 6.50. The summed E-state index contributed by atoms with van der Waals surface area (Å²) in [4.78, 5) is -2.16. The summed E-state index contributed by atoms with van der Waals surface area (Å²) in [5, 5.41) is 0. The maximum Gasteiger partial charge on any atom is 0.416 e. The van der Waals surface area contributed by atoms with Crippen molar-refractivity contribution in [2.45, 2.75) is 54.2 Å². The highest BCUT2D eigenvalue weighted by molar-refractivity contribution is 7.92. The minimum atomic E-state index is -4.66. The predicted molar refractivity (Wildman–Crippen MR) is 120 cm³/mol. The number of halogens is 7. The Morgan fingerprint density at radius 1 is 1.03 bits per heavy atom. The second-order valence-corrected chi connectivity index (χ2v) is 11.0. The molecule has 0 aromatic heterocycles. The Balaban J connectivity index is 2.02. The number of anilines is 1. The zero-order chi connectivity index (χ0) is 26.1. The van der Waals surface area contributed by atoms with Gasteiger partial charge in [0.15, 0.2) is 0 Å². The number of ether oxygens (including phenoxy) is 1. The van der Waals surface area contributed by atoms with Gasteiger partial charge in [0.25, 0.3) is 10.0 Å². The minimum Gasteiger partial charge on any atom is -0.495 e. The minimum absolute atomic E-state index is 0.0366. The van der Waals surface area contributed by atoms with E-state index in [0.717, 1.165) is 16.4 Å². The lowest BCUT2D eigenvalue weighted by Gasteiger charge is -2.41. The maximum absolute atomic E-state index is 13.7. The molecular weight excluding hydrogens is 520 g/mol. The average Bonchev–Trinajstić information content (AvgIpc) is 2.78. The highest BCUT2D eigenvalue weighted by Gasteiger charge is 2.53. The van der Waals surface area contributed by atoms with Crippen LogP contribution in [0.15, 0.2) is 53.4 Å². The molecule has 0 bridgehead atoms. The first-order valence-corrected chi connectivity index (χ1v) is 12.6. The van der Waals surface area contributed by atoms with E-state index in [2.05, 4.69) is 0 Å². The van der Waals surface area contributed by atoms with Gasteiger partial charge in [-0.05, 0) is 55.7 Å². The summed E-state index contributed by atoms with van der Waals surface area (Å²) in [6.45, 7) is -0.431. The molecule has 1 aliphatic rings. The highest BCUT2D eigenvalue weighted by atomic mass is 35.5. The zero-order valence-corrected chi connectivity index (χ0v) is 20.2. The van der Waals surface area contributed by atoms with Gasteiger partial charge in [-0.2, -0.15) is 26.3 Å². The van der Waals surface area contributed by atoms with Gasteiger partial charge in [-0.1, -0.05) is 25.0 Å². The number of alkyl halides is 7. The first-order valence-electron chi connectivity index (χ1n) is 10.8. The number of methoxy groups -OCH3 is 1. The van der Waals surface area contributed by atoms with E-state index >= 15 is 0 Å². The molecule has 0 spiro atoms. The number of hydrogen-bond donors (Lipinski definition) is 0. The molecule has 1 saturated carbocycles. The summed E-state index contributed by atoms with van der Waals surface area (Å²) in [5.74, 6) is -1.68. The van der Waals surface area contributed by atoms with Crippen molar-refractivity contribution in [3.63, 3.8) is 0 Å². The van der Waals surface area contributed by atoms with Gasteiger partial charge in [-0.3, -0.25) is 4.31 Å². The molecule has 0 N–H and O–H groups in total. The molecule has 2 unspecified atom stereocenters. The molecule has 2 aromatic carbocycles.